The molecule has 0 unspecified atom stereocenters. The minimum absolute atomic E-state index is 0.0996. The van der Waals surface area contributed by atoms with Gasteiger partial charge in [0.15, 0.2) is 5.78 Å². The quantitative estimate of drug-likeness (QED) is 0.659. The van der Waals surface area contributed by atoms with Crippen LogP contribution in [0.2, 0.25) is 0 Å². The van der Waals surface area contributed by atoms with E-state index in [0.717, 1.165) is 36.6 Å². The lowest BCUT2D eigenvalue weighted by atomic mass is 9.49. The summed E-state index contributed by atoms with van der Waals surface area (Å²) in [6.07, 6.45) is 10.9. The Labute approximate surface area is 195 Å². The molecule has 4 aliphatic rings. The molecular weight excluding hydrogens is 415 g/mol. The predicted molar refractivity (Wildman–Crippen MR) is 126 cm³/mol. The maximum absolute atomic E-state index is 13.6. The summed E-state index contributed by atoms with van der Waals surface area (Å²) in [6.45, 7) is 2.18. The number of hydrogen-bond donors (Lipinski definition) is 1. The summed E-state index contributed by atoms with van der Waals surface area (Å²) in [5, 5.41) is 16.2. The third-order valence-electron chi connectivity index (χ3n) is 10.6. The molecule has 1 heterocycles. The summed E-state index contributed by atoms with van der Waals surface area (Å²) in [5.74, 6) is 3.64. The van der Waals surface area contributed by atoms with Gasteiger partial charge in [0.05, 0.1) is 17.3 Å². The van der Waals surface area contributed by atoms with Crippen LogP contribution in [0.15, 0.2) is 30.5 Å². The maximum atomic E-state index is 13.6. The second kappa shape index (κ2) is 7.90. The zero-order valence-corrected chi connectivity index (χ0v) is 19.8. The molecule has 0 spiro atoms. The molecular formula is C28H37FN2O2. The Kier molecular flexibility index (Phi) is 5.21. The number of Topliss-reactive ketones (excluding diaryl/α,β-unsaturated/α-hetero) is 1. The molecule has 5 heteroatoms. The minimum Gasteiger partial charge on any atom is -0.387 e. The van der Waals surface area contributed by atoms with Gasteiger partial charge < -0.3 is 5.11 Å². The standard InChI is InChI=1S/C28H37FN2O2/c1-27-12-10-21-20-11-13-28(33,17-29)14-18(20)6-7-22(21)23(27)8-9-24(27)26(32)16-31-25-5-3-2-4-19(25)15-30-31/h2-5,15,18,20-24,33H,6-14,16-17H2,1H3/t18-,20+,21-,22-,23+,24-,27+,28-/m1/s1. The Morgan fingerprint density at radius 2 is 1.91 bits per heavy atom. The van der Waals surface area contributed by atoms with Gasteiger partial charge in [0, 0.05) is 11.3 Å². The third kappa shape index (κ3) is 3.40. The van der Waals surface area contributed by atoms with E-state index in [1.165, 1.54) is 19.3 Å². The van der Waals surface area contributed by atoms with Crippen molar-refractivity contribution in [2.75, 3.05) is 6.67 Å². The fraction of sp³-hybridized carbons (Fsp3) is 0.714. The summed E-state index contributed by atoms with van der Waals surface area (Å²) < 4.78 is 15.3. The second-order valence-corrected chi connectivity index (χ2v) is 12.0. The molecule has 8 atom stereocenters. The van der Waals surface area contributed by atoms with E-state index in [4.69, 9.17) is 0 Å². The van der Waals surface area contributed by atoms with E-state index in [-0.39, 0.29) is 11.3 Å². The molecule has 1 aromatic carbocycles. The Morgan fingerprint density at radius 1 is 1.09 bits per heavy atom. The summed E-state index contributed by atoms with van der Waals surface area (Å²) in [4.78, 5) is 13.6. The van der Waals surface area contributed by atoms with Crippen LogP contribution < -0.4 is 0 Å². The molecule has 0 radical (unpaired) electrons. The first-order valence-electron chi connectivity index (χ1n) is 13.1. The fourth-order valence-corrected chi connectivity index (χ4v) is 9.02. The molecule has 33 heavy (non-hydrogen) atoms. The van der Waals surface area contributed by atoms with Crippen LogP contribution in [-0.4, -0.2) is 32.9 Å². The molecule has 0 saturated heterocycles. The van der Waals surface area contributed by atoms with Crippen LogP contribution in [0.3, 0.4) is 0 Å². The van der Waals surface area contributed by atoms with Crippen molar-refractivity contribution in [3.8, 4) is 0 Å². The van der Waals surface area contributed by atoms with E-state index in [0.29, 0.717) is 54.8 Å². The van der Waals surface area contributed by atoms with Crippen LogP contribution in [0.5, 0.6) is 0 Å². The number of ketones is 1. The minimum atomic E-state index is -1.07. The Bertz CT molecular complexity index is 1050. The van der Waals surface area contributed by atoms with Crippen molar-refractivity contribution >= 4 is 16.7 Å². The van der Waals surface area contributed by atoms with Crippen molar-refractivity contribution in [1.29, 1.82) is 0 Å². The first-order valence-corrected chi connectivity index (χ1v) is 13.1. The average molecular weight is 453 g/mol. The van der Waals surface area contributed by atoms with Crippen molar-refractivity contribution in [2.45, 2.75) is 76.9 Å². The van der Waals surface area contributed by atoms with Gasteiger partial charge in [-0.25, -0.2) is 4.39 Å². The monoisotopic (exact) mass is 452 g/mol. The van der Waals surface area contributed by atoms with E-state index in [9.17, 15) is 14.3 Å². The lowest BCUT2D eigenvalue weighted by Gasteiger charge is -2.56. The average Bonchev–Trinajstić information content (AvgIpc) is 3.39. The van der Waals surface area contributed by atoms with E-state index < -0.39 is 12.3 Å². The zero-order valence-electron chi connectivity index (χ0n) is 19.8. The van der Waals surface area contributed by atoms with Gasteiger partial charge in [-0.15, -0.1) is 0 Å². The molecule has 0 amide bonds. The number of benzene rings is 1. The largest absolute Gasteiger partial charge is 0.387 e. The van der Waals surface area contributed by atoms with Crippen molar-refractivity contribution in [3.63, 3.8) is 0 Å². The summed E-state index contributed by atoms with van der Waals surface area (Å²) >= 11 is 0. The number of carbonyl (C=O) groups is 1. The third-order valence-corrected chi connectivity index (χ3v) is 10.6. The molecule has 4 saturated carbocycles. The number of alkyl halides is 1. The van der Waals surface area contributed by atoms with Crippen LogP contribution in [0.25, 0.3) is 10.9 Å². The van der Waals surface area contributed by atoms with Crippen molar-refractivity contribution < 1.29 is 14.3 Å². The van der Waals surface area contributed by atoms with Gasteiger partial charge in [0.1, 0.15) is 13.2 Å². The first-order chi connectivity index (χ1) is 15.9. The molecule has 1 aromatic heterocycles. The normalized spacial score (nSPS) is 42.5. The lowest BCUT2D eigenvalue weighted by Crippen LogP contribution is -2.52. The first kappa shape index (κ1) is 21.8. The summed E-state index contributed by atoms with van der Waals surface area (Å²) in [6, 6.07) is 8.12. The highest BCUT2D eigenvalue weighted by molar-refractivity contribution is 5.85. The number of halogens is 1. The molecule has 178 valence electrons. The number of hydrogen-bond acceptors (Lipinski definition) is 3. The molecule has 4 fully saturated rings. The van der Waals surface area contributed by atoms with Crippen LogP contribution in [0.4, 0.5) is 4.39 Å². The van der Waals surface area contributed by atoms with Crippen LogP contribution >= 0.6 is 0 Å². The van der Waals surface area contributed by atoms with Gasteiger partial charge in [-0.3, -0.25) is 9.48 Å². The van der Waals surface area contributed by atoms with Crippen LogP contribution in [0.1, 0.15) is 64.7 Å². The van der Waals surface area contributed by atoms with Gasteiger partial charge in [-0.2, -0.15) is 5.10 Å². The number of rotatable bonds is 4. The highest BCUT2D eigenvalue weighted by Crippen LogP contribution is 2.64. The van der Waals surface area contributed by atoms with Crippen LogP contribution in [-0.2, 0) is 11.3 Å². The number of aliphatic hydroxyl groups is 1. The smallest absolute Gasteiger partial charge is 0.157 e. The molecule has 0 aliphatic heterocycles. The Morgan fingerprint density at radius 3 is 2.76 bits per heavy atom. The topological polar surface area (TPSA) is 55.1 Å². The molecule has 2 aromatic rings. The molecule has 0 bridgehead atoms. The Balaban J connectivity index is 1.19. The van der Waals surface area contributed by atoms with Crippen molar-refractivity contribution in [3.05, 3.63) is 30.5 Å². The molecule has 6 rings (SSSR count). The van der Waals surface area contributed by atoms with Crippen molar-refractivity contribution in [1.82, 2.24) is 9.78 Å². The Hall–Kier alpha value is -1.75. The van der Waals surface area contributed by atoms with Gasteiger partial charge in [-0.05, 0) is 98.9 Å². The second-order valence-electron chi connectivity index (χ2n) is 12.0. The lowest BCUT2D eigenvalue weighted by molar-refractivity contribution is -0.134. The molecule has 1 N–H and O–H groups in total. The zero-order chi connectivity index (χ0) is 22.8. The summed E-state index contributed by atoms with van der Waals surface area (Å²) in [5.41, 5.74) is 0.0688. The van der Waals surface area contributed by atoms with Gasteiger partial charge in [0.25, 0.3) is 0 Å². The maximum Gasteiger partial charge on any atom is 0.157 e. The van der Waals surface area contributed by atoms with Gasteiger partial charge >= 0.3 is 0 Å². The number of carbonyl (C=O) groups excluding carboxylic acids is 1. The highest BCUT2D eigenvalue weighted by Gasteiger charge is 2.59. The van der Waals surface area contributed by atoms with Crippen LogP contribution in [0, 0.1) is 40.9 Å². The highest BCUT2D eigenvalue weighted by atomic mass is 19.1. The number of para-hydroxylation sites is 1. The molecule has 4 nitrogen and oxygen atoms in total. The fourth-order valence-electron chi connectivity index (χ4n) is 9.02. The van der Waals surface area contributed by atoms with Gasteiger partial charge in [-0.1, -0.05) is 25.1 Å². The van der Waals surface area contributed by atoms with Crippen molar-refractivity contribution in [2.24, 2.45) is 40.9 Å². The van der Waals surface area contributed by atoms with E-state index in [2.05, 4.69) is 12.0 Å². The molecule has 4 aliphatic carbocycles. The predicted octanol–water partition coefficient (Wildman–Crippen LogP) is 5.57. The number of aromatic nitrogens is 2. The van der Waals surface area contributed by atoms with E-state index in [1.54, 1.807) is 0 Å². The van der Waals surface area contributed by atoms with Gasteiger partial charge in [0.2, 0.25) is 0 Å². The SMILES string of the molecule is C[C@]12CC[C@H]3[C@@H](CC[C@@H]4C[C@@](O)(CF)CC[C@@H]43)[C@@H]1CC[C@@H]2C(=O)Cn1ncc2ccccc21. The number of nitrogens with zero attached hydrogens (tertiary/aromatic N) is 2. The number of fused-ring (bicyclic) bond motifs is 6. The van der Waals surface area contributed by atoms with E-state index >= 15 is 0 Å². The van der Waals surface area contributed by atoms with E-state index in [1.807, 2.05) is 35.1 Å². The summed E-state index contributed by atoms with van der Waals surface area (Å²) in [7, 11) is 0.